The predicted molar refractivity (Wildman–Crippen MR) is 154 cm³/mol. The summed E-state index contributed by atoms with van der Waals surface area (Å²) in [6.45, 7) is 7.53. The number of nitrogens with one attached hydrogen (secondary N) is 1. The van der Waals surface area contributed by atoms with Crippen LogP contribution in [0.25, 0.3) is 17.2 Å². The SMILES string of the molecule is CC1(C)OB(C(=Cc2cccc(C(=O)C(F)(F)F)c2)CNC(=O)OCC2c3ccccc3-c3ccccc32)OC1(C)C. The first-order chi connectivity index (χ1) is 19.8. The summed E-state index contributed by atoms with van der Waals surface area (Å²) in [5, 5.41) is 2.73. The average molecular weight is 577 g/mol. The maximum Gasteiger partial charge on any atom is 0.492 e. The van der Waals surface area contributed by atoms with Crippen molar-refractivity contribution >= 4 is 25.1 Å². The van der Waals surface area contributed by atoms with E-state index in [4.69, 9.17) is 14.0 Å². The van der Waals surface area contributed by atoms with E-state index in [0.29, 0.717) is 11.0 Å². The van der Waals surface area contributed by atoms with Crippen molar-refractivity contribution in [2.75, 3.05) is 13.2 Å². The first kappa shape index (κ1) is 29.6. The Morgan fingerprint density at radius 1 is 0.905 bits per heavy atom. The van der Waals surface area contributed by atoms with Gasteiger partial charge in [0.2, 0.25) is 0 Å². The van der Waals surface area contributed by atoms with Gasteiger partial charge in [-0.25, -0.2) is 4.79 Å². The summed E-state index contributed by atoms with van der Waals surface area (Å²) in [6.07, 6.45) is -4.11. The average Bonchev–Trinajstić information content (AvgIpc) is 3.37. The Morgan fingerprint density at radius 3 is 2.05 bits per heavy atom. The van der Waals surface area contributed by atoms with Gasteiger partial charge in [0.1, 0.15) is 6.61 Å². The number of hydrogen-bond acceptors (Lipinski definition) is 5. The lowest BCUT2D eigenvalue weighted by Gasteiger charge is -2.32. The molecule has 3 aromatic rings. The molecular weight excluding hydrogens is 546 g/mol. The highest BCUT2D eigenvalue weighted by molar-refractivity contribution is 6.56. The number of rotatable bonds is 7. The van der Waals surface area contributed by atoms with Crippen LogP contribution in [0.5, 0.6) is 0 Å². The lowest BCUT2D eigenvalue weighted by atomic mass is 9.77. The first-order valence-electron chi connectivity index (χ1n) is 13.6. The zero-order chi connectivity index (χ0) is 30.3. The van der Waals surface area contributed by atoms with Crippen molar-refractivity contribution in [2.24, 2.45) is 0 Å². The van der Waals surface area contributed by atoms with E-state index in [1.54, 1.807) is 12.1 Å². The molecule has 42 heavy (non-hydrogen) atoms. The van der Waals surface area contributed by atoms with Crippen LogP contribution in [0.3, 0.4) is 0 Å². The molecule has 2 aliphatic rings. The van der Waals surface area contributed by atoms with Gasteiger partial charge in [-0.05, 0) is 67.1 Å². The standard InChI is InChI=1S/C32H31BF3NO5/c1-30(2)31(3,4)42-33(41-30)22(17-20-10-9-11-21(16-20)28(38)32(34,35)36)18-37-29(39)40-19-27-25-14-7-5-12-23(25)24-13-6-8-15-26(24)27/h5-17,27H,18-19H2,1-4H3,(H,37,39). The second kappa shape index (κ2) is 11.1. The first-order valence-corrected chi connectivity index (χ1v) is 13.6. The number of ketones is 1. The zero-order valence-corrected chi connectivity index (χ0v) is 23.7. The smallest absolute Gasteiger partial charge is 0.449 e. The predicted octanol–water partition coefficient (Wildman–Crippen LogP) is 6.99. The van der Waals surface area contributed by atoms with Crippen molar-refractivity contribution in [1.82, 2.24) is 5.32 Å². The van der Waals surface area contributed by atoms with E-state index in [9.17, 15) is 22.8 Å². The third-order valence-electron chi connectivity index (χ3n) is 8.09. The molecule has 0 bridgehead atoms. The van der Waals surface area contributed by atoms with Gasteiger partial charge < -0.3 is 19.4 Å². The largest absolute Gasteiger partial charge is 0.492 e. The van der Waals surface area contributed by atoms with Gasteiger partial charge in [-0.1, -0.05) is 72.8 Å². The maximum atomic E-state index is 13.0. The lowest BCUT2D eigenvalue weighted by molar-refractivity contribution is -0.0885. The summed E-state index contributed by atoms with van der Waals surface area (Å²) in [6, 6.07) is 21.2. The molecule has 0 spiro atoms. The van der Waals surface area contributed by atoms with Gasteiger partial charge in [-0.3, -0.25) is 4.79 Å². The molecule has 1 N–H and O–H groups in total. The normalized spacial score (nSPS) is 17.5. The quantitative estimate of drug-likeness (QED) is 0.242. The summed E-state index contributed by atoms with van der Waals surface area (Å²) in [5.41, 5.74) is 3.26. The maximum absolute atomic E-state index is 13.0. The van der Waals surface area contributed by atoms with E-state index in [0.717, 1.165) is 34.4 Å². The van der Waals surface area contributed by atoms with Gasteiger partial charge in [-0.2, -0.15) is 13.2 Å². The van der Waals surface area contributed by atoms with Gasteiger partial charge in [0.25, 0.3) is 5.78 Å². The van der Waals surface area contributed by atoms with E-state index in [1.165, 1.54) is 6.07 Å². The minimum atomic E-state index is -5.00. The van der Waals surface area contributed by atoms with E-state index >= 15 is 0 Å². The van der Waals surface area contributed by atoms with Crippen molar-refractivity contribution in [2.45, 2.75) is 51.0 Å². The van der Waals surface area contributed by atoms with E-state index in [2.05, 4.69) is 5.32 Å². The number of carbonyl (C=O) groups excluding carboxylic acids is 2. The second-order valence-electron chi connectivity index (χ2n) is 11.4. The number of ether oxygens (including phenoxy) is 1. The van der Waals surface area contributed by atoms with Crippen LogP contribution in [-0.2, 0) is 14.0 Å². The number of amides is 1. The Morgan fingerprint density at radius 2 is 1.48 bits per heavy atom. The molecule has 1 saturated heterocycles. The Kier molecular flexibility index (Phi) is 7.81. The van der Waals surface area contributed by atoms with Crippen molar-refractivity contribution in [3.05, 3.63) is 101 Å². The topological polar surface area (TPSA) is 73.9 Å². The second-order valence-corrected chi connectivity index (χ2v) is 11.4. The van der Waals surface area contributed by atoms with Crippen LogP contribution in [0.2, 0.25) is 0 Å². The van der Waals surface area contributed by atoms with Crippen molar-refractivity contribution < 1.29 is 36.8 Å². The van der Waals surface area contributed by atoms with Gasteiger partial charge in [0.05, 0.1) is 11.2 Å². The third kappa shape index (κ3) is 5.87. The van der Waals surface area contributed by atoms with E-state index in [1.807, 2.05) is 76.2 Å². The number of hydrogen-bond donors (Lipinski definition) is 1. The van der Waals surface area contributed by atoms with Crippen LogP contribution < -0.4 is 5.32 Å². The number of halogens is 3. The van der Waals surface area contributed by atoms with Crippen LogP contribution in [0.1, 0.15) is 60.7 Å². The minimum absolute atomic E-state index is 0.0645. The van der Waals surface area contributed by atoms with E-state index in [-0.39, 0.29) is 19.1 Å². The fourth-order valence-electron chi connectivity index (χ4n) is 5.17. The summed E-state index contributed by atoms with van der Waals surface area (Å²) < 4.78 is 57.1. The Bertz CT molecular complexity index is 1490. The van der Waals surface area contributed by atoms with Gasteiger partial charge in [0, 0.05) is 18.0 Å². The zero-order valence-electron chi connectivity index (χ0n) is 23.7. The molecule has 0 atom stereocenters. The van der Waals surface area contributed by atoms with Gasteiger partial charge in [-0.15, -0.1) is 0 Å². The van der Waals surface area contributed by atoms with Crippen LogP contribution in [-0.4, -0.2) is 49.5 Å². The highest BCUT2D eigenvalue weighted by atomic mass is 19.4. The van der Waals surface area contributed by atoms with Crippen molar-refractivity contribution in [3.8, 4) is 11.1 Å². The molecule has 0 aromatic heterocycles. The number of carbonyl (C=O) groups is 2. The molecule has 1 amide bonds. The molecule has 10 heteroatoms. The minimum Gasteiger partial charge on any atom is -0.449 e. The molecule has 6 nitrogen and oxygen atoms in total. The molecule has 0 radical (unpaired) electrons. The Labute approximate surface area is 243 Å². The summed E-state index contributed by atoms with van der Waals surface area (Å²) in [4.78, 5) is 24.7. The highest BCUT2D eigenvalue weighted by Gasteiger charge is 2.52. The van der Waals surface area contributed by atoms with Crippen molar-refractivity contribution in [1.29, 1.82) is 0 Å². The molecule has 218 valence electrons. The number of Topliss-reactive ketones (excluding diaryl/α,β-unsaturated/α-hetero) is 1. The molecular formula is C32H31BF3NO5. The molecule has 0 saturated carbocycles. The van der Waals surface area contributed by atoms with Crippen LogP contribution in [0.4, 0.5) is 18.0 Å². The van der Waals surface area contributed by atoms with Gasteiger partial charge in [0.15, 0.2) is 0 Å². The molecule has 3 aromatic carbocycles. The molecule has 5 rings (SSSR count). The number of fused-ring (bicyclic) bond motifs is 3. The fraction of sp³-hybridized carbons (Fsp3) is 0.312. The summed E-state index contributed by atoms with van der Waals surface area (Å²) in [5.74, 6) is -2.05. The number of alkyl halides is 3. The van der Waals surface area contributed by atoms with E-state index < -0.39 is 41.9 Å². The van der Waals surface area contributed by atoms with Crippen molar-refractivity contribution in [3.63, 3.8) is 0 Å². The lowest BCUT2D eigenvalue weighted by Crippen LogP contribution is -2.41. The fourth-order valence-corrected chi connectivity index (χ4v) is 5.17. The third-order valence-corrected chi connectivity index (χ3v) is 8.09. The van der Waals surface area contributed by atoms with Crippen LogP contribution in [0.15, 0.2) is 78.3 Å². The molecule has 0 unspecified atom stereocenters. The Hall–Kier alpha value is -3.89. The molecule has 1 aliphatic carbocycles. The van der Waals surface area contributed by atoms with Gasteiger partial charge >= 0.3 is 19.4 Å². The van der Waals surface area contributed by atoms with Crippen LogP contribution in [0, 0.1) is 0 Å². The monoisotopic (exact) mass is 577 g/mol. The van der Waals surface area contributed by atoms with Crippen LogP contribution >= 0.6 is 0 Å². The highest BCUT2D eigenvalue weighted by Crippen LogP contribution is 2.44. The molecule has 1 aliphatic heterocycles. The summed E-state index contributed by atoms with van der Waals surface area (Å²) >= 11 is 0. The number of benzene rings is 3. The number of alkyl carbamates (subject to hydrolysis) is 1. The molecule has 1 heterocycles. The summed E-state index contributed by atoms with van der Waals surface area (Å²) in [7, 11) is -0.897. The Balaban J connectivity index is 1.33. The molecule has 1 fully saturated rings.